The Morgan fingerprint density at radius 2 is 2.22 bits per heavy atom. The topological polar surface area (TPSA) is 55.2 Å². The average Bonchev–Trinajstić information content (AvgIpc) is 2.70. The standard InChI is InChI=1S/C12H20N2O3.BrH/c1-4-10(2)16-7-8-17-12(15)9-11-13-5-6-14(11)3;/h5-6,10H,4,7-9H2,1-3H3;1H. The Hall–Kier alpha value is -0.880. The Kier molecular flexibility index (Phi) is 8.66. The zero-order valence-corrected chi connectivity index (χ0v) is 12.7. The molecule has 0 bridgehead atoms. The van der Waals surface area contributed by atoms with Crippen molar-refractivity contribution >= 4 is 5.97 Å². The summed E-state index contributed by atoms with van der Waals surface area (Å²) in [6.07, 6.45) is 5.08. The molecule has 0 saturated carbocycles. The third-order valence-corrected chi connectivity index (χ3v) is 2.61. The number of halogens is 1. The van der Waals surface area contributed by atoms with E-state index in [4.69, 9.17) is 9.47 Å². The molecule has 1 atom stereocenters. The first kappa shape index (κ1) is 17.1. The molecule has 0 aliphatic heterocycles. The molecule has 0 radical (unpaired) electrons. The predicted octanol–water partition coefficient (Wildman–Crippen LogP) is -2.26. The van der Waals surface area contributed by atoms with Gasteiger partial charge in [0.05, 0.1) is 19.8 Å². The average molecular weight is 321 g/mol. The monoisotopic (exact) mass is 320 g/mol. The van der Waals surface area contributed by atoms with Gasteiger partial charge < -0.3 is 26.5 Å². The molecule has 1 aromatic rings. The Balaban J connectivity index is 0.00000289. The fraction of sp³-hybridized carbons (Fsp3) is 0.667. The largest absolute Gasteiger partial charge is 1.00 e. The maximum atomic E-state index is 11.5. The maximum absolute atomic E-state index is 11.5. The maximum Gasteiger partial charge on any atom is 0.318 e. The number of nitrogens with zero attached hydrogens (tertiary/aromatic N) is 1. The molecule has 1 heterocycles. The van der Waals surface area contributed by atoms with E-state index in [2.05, 4.69) is 11.9 Å². The second-order valence-electron chi connectivity index (χ2n) is 4.00. The number of nitrogens with one attached hydrogen (secondary N) is 1. The molecule has 5 nitrogen and oxygen atoms in total. The van der Waals surface area contributed by atoms with E-state index in [1.54, 1.807) is 6.20 Å². The van der Waals surface area contributed by atoms with E-state index in [-0.39, 0.29) is 35.5 Å². The van der Waals surface area contributed by atoms with Gasteiger partial charge in [0.25, 0.3) is 5.82 Å². The summed E-state index contributed by atoms with van der Waals surface area (Å²) in [6.45, 7) is 4.83. The Morgan fingerprint density at radius 1 is 1.50 bits per heavy atom. The van der Waals surface area contributed by atoms with Gasteiger partial charge in [-0.05, 0) is 13.3 Å². The highest BCUT2D eigenvalue weighted by Crippen LogP contribution is 1.96. The van der Waals surface area contributed by atoms with Gasteiger partial charge >= 0.3 is 5.97 Å². The molecule has 0 amide bonds. The lowest BCUT2D eigenvalue weighted by Crippen LogP contribution is -3.00. The van der Waals surface area contributed by atoms with Gasteiger partial charge in [0.1, 0.15) is 25.4 Å². The van der Waals surface area contributed by atoms with Crippen molar-refractivity contribution < 1.29 is 35.8 Å². The van der Waals surface area contributed by atoms with Crippen molar-refractivity contribution in [3.8, 4) is 0 Å². The minimum atomic E-state index is -0.240. The molecule has 1 aromatic heterocycles. The summed E-state index contributed by atoms with van der Waals surface area (Å²) in [5.41, 5.74) is 0. The van der Waals surface area contributed by atoms with Gasteiger partial charge in [-0.3, -0.25) is 4.79 Å². The van der Waals surface area contributed by atoms with Crippen LogP contribution in [0.1, 0.15) is 26.1 Å². The number of H-pyrrole nitrogens is 1. The van der Waals surface area contributed by atoms with Gasteiger partial charge in [0, 0.05) is 0 Å². The number of carbonyl (C=O) groups is 1. The molecule has 6 heteroatoms. The molecule has 104 valence electrons. The van der Waals surface area contributed by atoms with E-state index >= 15 is 0 Å². The lowest BCUT2D eigenvalue weighted by Gasteiger charge is -2.10. The van der Waals surface area contributed by atoms with Crippen LogP contribution in [0.3, 0.4) is 0 Å². The minimum Gasteiger partial charge on any atom is -1.00 e. The van der Waals surface area contributed by atoms with Crippen molar-refractivity contribution in [2.45, 2.75) is 32.8 Å². The van der Waals surface area contributed by atoms with Crippen LogP contribution in [-0.4, -0.2) is 30.3 Å². The number of imidazole rings is 1. The lowest BCUT2D eigenvalue weighted by atomic mass is 10.3. The number of aryl methyl sites for hydroxylation is 1. The number of aromatic amines is 1. The van der Waals surface area contributed by atoms with E-state index in [0.717, 1.165) is 12.2 Å². The van der Waals surface area contributed by atoms with E-state index in [1.165, 1.54) is 0 Å². The molecule has 0 aliphatic rings. The SMILES string of the molecule is CCC(C)OCCOC(=O)Cc1[nH]cc[n+]1C.[Br-]. The van der Waals surface area contributed by atoms with E-state index in [0.29, 0.717) is 13.2 Å². The van der Waals surface area contributed by atoms with Gasteiger partial charge in [0.2, 0.25) is 0 Å². The van der Waals surface area contributed by atoms with Crippen molar-refractivity contribution in [1.29, 1.82) is 0 Å². The number of esters is 1. The fourth-order valence-corrected chi connectivity index (χ4v) is 1.32. The highest BCUT2D eigenvalue weighted by molar-refractivity contribution is 5.71. The number of aromatic nitrogens is 2. The zero-order valence-electron chi connectivity index (χ0n) is 11.1. The third-order valence-electron chi connectivity index (χ3n) is 2.61. The van der Waals surface area contributed by atoms with Crippen molar-refractivity contribution in [1.82, 2.24) is 4.98 Å². The van der Waals surface area contributed by atoms with E-state index in [9.17, 15) is 4.79 Å². The predicted molar refractivity (Wildman–Crippen MR) is 62.3 cm³/mol. The Labute approximate surface area is 118 Å². The van der Waals surface area contributed by atoms with Crippen LogP contribution in [0, 0.1) is 0 Å². The van der Waals surface area contributed by atoms with Crippen LogP contribution in [-0.2, 0) is 27.7 Å². The second kappa shape index (κ2) is 9.10. The summed E-state index contributed by atoms with van der Waals surface area (Å²) in [5.74, 6) is 0.591. The normalized spacial score (nSPS) is 11.7. The molecular weight excluding hydrogens is 300 g/mol. The van der Waals surface area contributed by atoms with Crippen LogP contribution in [0.15, 0.2) is 12.4 Å². The van der Waals surface area contributed by atoms with Gasteiger partial charge in [-0.25, -0.2) is 9.55 Å². The summed E-state index contributed by atoms with van der Waals surface area (Å²) in [4.78, 5) is 14.5. The summed E-state index contributed by atoms with van der Waals surface area (Å²) in [6, 6.07) is 0. The molecule has 1 rings (SSSR count). The summed E-state index contributed by atoms with van der Waals surface area (Å²) >= 11 is 0. The molecule has 0 aromatic carbocycles. The van der Waals surface area contributed by atoms with Crippen LogP contribution < -0.4 is 21.5 Å². The van der Waals surface area contributed by atoms with Crippen LogP contribution >= 0.6 is 0 Å². The molecule has 0 spiro atoms. The highest BCUT2D eigenvalue weighted by Gasteiger charge is 2.13. The molecule has 0 aliphatic carbocycles. The first-order valence-electron chi connectivity index (χ1n) is 5.92. The van der Waals surface area contributed by atoms with Crippen LogP contribution in [0.5, 0.6) is 0 Å². The number of ether oxygens (including phenoxy) is 2. The van der Waals surface area contributed by atoms with Crippen molar-refractivity contribution in [3.05, 3.63) is 18.2 Å². The van der Waals surface area contributed by atoms with E-state index in [1.807, 2.05) is 24.7 Å². The summed E-state index contributed by atoms with van der Waals surface area (Å²) in [5, 5.41) is 0. The van der Waals surface area contributed by atoms with E-state index < -0.39 is 0 Å². The van der Waals surface area contributed by atoms with Crippen LogP contribution in [0.25, 0.3) is 0 Å². The number of hydrogen-bond donors (Lipinski definition) is 1. The van der Waals surface area contributed by atoms with Crippen LogP contribution in [0.4, 0.5) is 0 Å². The minimum absolute atomic E-state index is 0. The Morgan fingerprint density at radius 3 is 2.78 bits per heavy atom. The smallest absolute Gasteiger partial charge is 0.318 e. The van der Waals surface area contributed by atoms with Gasteiger partial charge in [0.15, 0.2) is 0 Å². The van der Waals surface area contributed by atoms with Crippen LogP contribution in [0.2, 0.25) is 0 Å². The van der Waals surface area contributed by atoms with Gasteiger partial charge in [-0.15, -0.1) is 0 Å². The third kappa shape index (κ3) is 6.16. The summed E-state index contributed by atoms with van der Waals surface area (Å²) in [7, 11) is 1.88. The molecule has 1 unspecified atom stereocenters. The number of rotatable bonds is 7. The number of carbonyl (C=O) groups excluding carboxylic acids is 1. The highest BCUT2D eigenvalue weighted by atomic mass is 79.9. The molecule has 1 N–H and O–H groups in total. The lowest BCUT2D eigenvalue weighted by molar-refractivity contribution is -0.677. The Bertz CT molecular complexity index is 355. The first-order valence-corrected chi connectivity index (χ1v) is 5.92. The summed E-state index contributed by atoms with van der Waals surface area (Å²) < 4.78 is 12.3. The first-order chi connectivity index (χ1) is 8.13. The fourth-order valence-electron chi connectivity index (χ4n) is 1.32. The van der Waals surface area contributed by atoms with Crippen molar-refractivity contribution in [3.63, 3.8) is 0 Å². The van der Waals surface area contributed by atoms with Gasteiger partial charge in [-0.1, -0.05) is 6.92 Å². The van der Waals surface area contributed by atoms with Crippen molar-refractivity contribution in [2.24, 2.45) is 7.05 Å². The zero-order chi connectivity index (χ0) is 12.7. The molecular formula is C12H21BrN2O3. The molecule has 18 heavy (non-hydrogen) atoms. The van der Waals surface area contributed by atoms with Gasteiger partial charge in [-0.2, -0.15) is 0 Å². The molecule has 0 saturated heterocycles. The van der Waals surface area contributed by atoms with Crippen molar-refractivity contribution in [2.75, 3.05) is 13.2 Å². The number of hydrogen-bond acceptors (Lipinski definition) is 3. The second-order valence-corrected chi connectivity index (χ2v) is 4.00. The quantitative estimate of drug-likeness (QED) is 0.351. The molecule has 0 fully saturated rings.